The van der Waals surface area contributed by atoms with Gasteiger partial charge >= 0.3 is 0 Å². The Morgan fingerprint density at radius 3 is 2.39 bits per heavy atom. The molecule has 1 aromatic heterocycles. The summed E-state index contributed by atoms with van der Waals surface area (Å²) in [5.41, 5.74) is 1.11. The highest BCUT2D eigenvalue weighted by molar-refractivity contribution is 7.90. The molecule has 0 spiro atoms. The van der Waals surface area contributed by atoms with Gasteiger partial charge in [0.25, 0.3) is 0 Å². The molecule has 0 saturated heterocycles. The van der Waals surface area contributed by atoms with E-state index in [0.717, 1.165) is 11.8 Å². The second-order valence-electron chi connectivity index (χ2n) is 3.88. The van der Waals surface area contributed by atoms with Crippen molar-refractivity contribution in [3.63, 3.8) is 0 Å². The van der Waals surface area contributed by atoms with Crippen molar-refractivity contribution in [2.45, 2.75) is 11.9 Å². The van der Waals surface area contributed by atoms with Crippen LogP contribution in [-0.4, -0.2) is 24.6 Å². The summed E-state index contributed by atoms with van der Waals surface area (Å²) >= 11 is 0. The lowest BCUT2D eigenvalue weighted by Crippen LogP contribution is -2.02. The standard InChI is InChI=1S/C12H12N2O3S/c1-9-3-5-10(6-4-9)17-11-7-13-8-12(14-11)18(2,15)16/h3-8H,1-2H3. The van der Waals surface area contributed by atoms with Crippen LogP contribution < -0.4 is 4.74 Å². The van der Waals surface area contributed by atoms with Gasteiger partial charge in [-0.2, -0.15) is 4.98 Å². The van der Waals surface area contributed by atoms with E-state index in [-0.39, 0.29) is 10.9 Å². The minimum atomic E-state index is -3.38. The number of rotatable bonds is 3. The highest BCUT2D eigenvalue weighted by Crippen LogP contribution is 2.19. The third-order valence-electron chi connectivity index (χ3n) is 2.21. The van der Waals surface area contributed by atoms with Gasteiger partial charge in [0.1, 0.15) is 5.75 Å². The molecule has 0 N–H and O–H groups in total. The van der Waals surface area contributed by atoms with E-state index in [1.165, 1.54) is 12.4 Å². The number of benzene rings is 1. The zero-order chi connectivity index (χ0) is 13.2. The summed E-state index contributed by atoms with van der Waals surface area (Å²) in [6.07, 6.45) is 3.64. The fourth-order valence-electron chi connectivity index (χ4n) is 1.29. The fraction of sp³-hybridized carbons (Fsp3) is 0.167. The Morgan fingerprint density at radius 2 is 1.78 bits per heavy atom. The molecule has 2 rings (SSSR count). The molecule has 0 bridgehead atoms. The maximum atomic E-state index is 11.3. The van der Waals surface area contributed by atoms with Gasteiger partial charge in [-0.1, -0.05) is 17.7 Å². The van der Waals surface area contributed by atoms with Crippen LogP contribution in [-0.2, 0) is 9.84 Å². The van der Waals surface area contributed by atoms with Gasteiger partial charge in [-0.05, 0) is 19.1 Å². The van der Waals surface area contributed by atoms with Crippen LogP contribution in [0, 0.1) is 6.92 Å². The predicted molar refractivity (Wildman–Crippen MR) is 66.4 cm³/mol. The molecule has 0 atom stereocenters. The van der Waals surface area contributed by atoms with E-state index in [9.17, 15) is 8.42 Å². The third kappa shape index (κ3) is 3.04. The maximum absolute atomic E-state index is 11.3. The van der Waals surface area contributed by atoms with Gasteiger partial charge in [0.05, 0.1) is 12.4 Å². The van der Waals surface area contributed by atoms with Crippen molar-refractivity contribution in [3.05, 3.63) is 42.2 Å². The van der Waals surface area contributed by atoms with Gasteiger partial charge in [0.15, 0.2) is 14.9 Å². The number of hydrogen-bond acceptors (Lipinski definition) is 5. The lowest BCUT2D eigenvalue weighted by atomic mass is 10.2. The normalized spacial score (nSPS) is 11.2. The molecule has 1 aromatic carbocycles. The van der Waals surface area contributed by atoms with Crippen LogP contribution in [0.15, 0.2) is 41.7 Å². The summed E-state index contributed by atoms with van der Waals surface area (Å²) in [6.45, 7) is 1.97. The van der Waals surface area contributed by atoms with Crippen molar-refractivity contribution in [2.24, 2.45) is 0 Å². The van der Waals surface area contributed by atoms with E-state index in [4.69, 9.17) is 4.74 Å². The Labute approximate surface area is 105 Å². The highest BCUT2D eigenvalue weighted by atomic mass is 32.2. The first kappa shape index (κ1) is 12.5. The Morgan fingerprint density at radius 1 is 1.11 bits per heavy atom. The van der Waals surface area contributed by atoms with E-state index in [2.05, 4.69) is 9.97 Å². The topological polar surface area (TPSA) is 69.2 Å². The number of aryl methyl sites for hydroxylation is 1. The minimum absolute atomic E-state index is 0.105. The third-order valence-corrected chi connectivity index (χ3v) is 3.17. The van der Waals surface area contributed by atoms with E-state index in [1.807, 2.05) is 19.1 Å². The maximum Gasteiger partial charge on any atom is 0.239 e. The summed E-state index contributed by atoms with van der Waals surface area (Å²) in [7, 11) is -3.38. The van der Waals surface area contributed by atoms with Crippen molar-refractivity contribution in [3.8, 4) is 11.6 Å². The Kier molecular flexibility index (Phi) is 3.29. The van der Waals surface area contributed by atoms with Crippen molar-refractivity contribution >= 4 is 9.84 Å². The van der Waals surface area contributed by atoms with Crippen LogP contribution in [0.1, 0.15) is 5.56 Å². The van der Waals surface area contributed by atoms with Gasteiger partial charge in [0, 0.05) is 6.26 Å². The molecule has 0 aliphatic carbocycles. The summed E-state index contributed by atoms with van der Waals surface area (Å²) in [5.74, 6) is 0.738. The molecular formula is C12H12N2O3S. The first-order valence-electron chi connectivity index (χ1n) is 5.22. The molecule has 94 valence electrons. The summed E-state index contributed by atoms with van der Waals surface area (Å²) < 4.78 is 28.1. The average molecular weight is 264 g/mol. The first-order chi connectivity index (χ1) is 8.45. The summed E-state index contributed by atoms with van der Waals surface area (Å²) in [4.78, 5) is 7.69. The Balaban J connectivity index is 2.27. The van der Waals surface area contributed by atoms with E-state index in [0.29, 0.717) is 5.75 Å². The van der Waals surface area contributed by atoms with E-state index in [1.54, 1.807) is 12.1 Å². The largest absolute Gasteiger partial charge is 0.437 e. The molecule has 0 fully saturated rings. The molecule has 0 radical (unpaired) electrons. The second-order valence-corrected chi connectivity index (χ2v) is 5.85. The van der Waals surface area contributed by atoms with Crippen molar-refractivity contribution in [2.75, 3.05) is 6.26 Å². The van der Waals surface area contributed by atoms with Crippen LogP contribution in [0.2, 0.25) is 0 Å². The Hall–Kier alpha value is -1.95. The monoisotopic (exact) mass is 264 g/mol. The molecule has 0 aliphatic rings. The number of nitrogens with zero attached hydrogens (tertiary/aromatic N) is 2. The SMILES string of the molecule is Cc1ccc(Oc2cncc(S(C)(=O)=O)n2)cc1. The number of ether oxygens (including phenoxy) is 1. The molecule has 2 aromatic rings. The van der Waals surface area contributed by atoms with Crippen LogP contribution >= 0.6 is 0 Å². The Bertz CT molecular complexity index is 651. The highest BCUT2D eigenvalue weighted by Gasteiger charge is 2.11. The molecule has 6 heteroatoms. The molecule has 0 unspecified atom stereocenters. The fourth-order valence-corrected chi connectivity index (χ4v) is 1.79. The lowest BCUT2D eigenvalue weighted by Gasteiger charge is -2.05. The molecule has 1 heterocycles. The molecule has 5 nitrogen and oxygen atoms in total. The van der Waals surface area contributed by atoms with Gasteiger partial charge < -0.3 is 4.74 Å². The van der Waals surface area contributed by atoms with Gasteiger partial charge in [-0.25, -0.2) is 8.42 Å². The average Bonchev–Trinajstić information content (AvgIpc) is 2.31. The second kappa shape index (κ2) is 4.73. The summed E-state index contributed by atoms with van der Waals surface area (Å²) in [5, 5.41) is -0.105. The predicted octanol–water partition coefficient (Wildman–Crippen LogP) is 1.98. The zero-order valence-corrected chi connectivity index (χ0v) is 10.8. The smallest absolute Gasteiger partial charge is 0.239 e. The zero-order valence-electron chi connectivity index (χ0n) is 9.99. The van der Waals surface area contributed by atoms with E-state index >= 15 is 0 Å². The van der Waals surface area contributed by atoms with Gasteiger partial charge in [-0.3, -0.25) is 4.98 Å². The molecule has 0 saturated carbocycles. The quantitative estimate of drug-likeness (QED) is 0.847. The van der Waals surface area contributed by atoms with Crippen molar-refractivity contribution in [1.82, 2.24) is 9.97 Å². The van der Waals surface area contributed by atoms with Crippen molar-refractivity contribution in [1.29, 1.82) is 0 Å². The van der Waals surface area contributed by atoms with Gasteiger partial charge in [0.2, 0.25) is 5.88 Å². The summed E-state index contributed by atoms with van der Waals surface area (Å²) in [6, 6.07) is 7.35. The molecule has 0 aliphatic heterocycles. The van der Waals surface area contributed by atoms with Crippen LogP contribution in [0.5, 0.6) is 11.6 Å². The first-order valence-corrected chi connectivity index (χ1v) is 7.11. The minimum Gasteiger partial charge on any atom is -0.437 e. The molecule has 18 heavy (non-hydrogen) atoms. The number of aromatic nitrogens is 2. The lowest BCUT2D eigenvalue weighted by molar-refractivity contribution is 0.453. The van der Waals surface area contributed by atoms with Crippen LogP contribution in [0.4, 0.5) is 0 Å². The van der Waals surface area contributed by atoms with Crippen LogP contribution in [0.25, 0.3) is 0 Å². The van der Waals surface area contributed by atoms with Crippen molar-refractivity contribution < 1.29 is 13.2 Å². The van der Waals surface area contributed by atoms with E-state index < -0.39 is 9.84 Å². The number of hydrogen-bond donors (Lipinski definition) is 0. The molecule has 0 amide bonds. The van der Waals surface area contributed by atoms with Crippen LogP contribution in [0.3, 0.4) is 0 Å². The molecular weight excluding hydrogens is 252 g/mol. The van der Waals surface area contributed by atoms with Gasteiger partial charge in [-0.15, -0.1) is 0 Å². The number of sulfone groups is 1.